The highest BCUT2D eigenvalue weighted by Gasteiger charge is 2.43. The summed E-state index contributed by atoms with van der Waals surface area (Å²) in [5.74, 6) is -1.32. The molecule has 0 radical (unpaired) electrons. The molecule has 0 saturated carbocycles. The molecule has 9 heteroatoms. The van der Waals surface area contributed by atoms with Crippen molar-refractivity contribution in [2.75, 3.05) is 4.90 Å². The number of amides is 2. The van der Waals surface area contributed by atoms with Crippen molar-refractivity contribution in [3.8, 4) is 5.95 Å². The summed E-state index contributed by atoms with van der Waals surface area (Å²) >= 11 is 6.05. The SMILES string of the molecule is CCCc1[nH]n(-c2nc3ccccc3[nH]2)c(=O)c1[C@@H]1CC(=O)N(c2cccc(Cl)c2)C1=O. The van der Waals surface area contributed by atoms with E-state index in [1.165, 1.54) is 4.68 Å². The molecule has 32 heavy (non-hydrogen) atoms. The van der Waals surface area contributed by atoms with Crippen LogP contribution in [0.1, 0.15) is 36.9 Å². The van der Waals surface area contributed by atoms with Crippen LogP contribution in [0.4, 0.5) is 5.69 Å². The molecule has 2 N–H and O–H groups in total. The lowest BCUT2D eigenvalue weighted by Crippen LogP contribution is -2.31. The highest BCUT2D eigenvalue weighted by Crippen LogP contribution is 2.34. The van der Waals surface area contributed by atoms with Crippen LogP contribution >= 0.6 is 11.6 Å². The molecule has 1 aliphatic heterocycles. The van der Waals surface area contributed by atoms with Crippen LogP contribution in [0.2, 0.25) is 5.02 Å². The molecule has 2 aromatic carbocycles. The highest BCUT2D eigenvalue weighted by molar-refractivity contribution is 6.31. The van der Waals surface area contributed by atoms with Gasteiger partial charge in [0.15, 0.2) is 0 Å². The Hall–Kier alpha value is -3.65. The third-order valence-corrected chi connectivity index (χ3v) is 5.89. The van der Waals surface area contributed by atoms with Crippen LogP contribution in [-0.2, 0) is 16.0 Å². The van der Waals surface area contributed by atoms with Gasteiger partial charge in [0.2, 0.25) is 17.8 Å². The van der Waals surface area contributed by atoms with Crippen molar-refractivity contribution in [1.29, 1.82) is 0 Å². The van der Waals surface area contributed by atoms with E-state index in [0.717, 1.165) is 22.4 Å². The Morgan fingerprint density at radius 1 is 1.12 bits per heavy atom. The predicted molar refractivity (Wildman–Crippen MR) is 121 cm³/mol. The summed E-state index contributed by atoms with van der Waals surface area (Å²) in [5, 5.41) is 3.53. The van der Waals surface area contributed by atoms with Crippen LogP contribution in [0.25, 0.3) is 17.0 Å². The number of benzene rings is 2. The van der Waals surface area contributed by atoms with Crippen molar-refractivity contribution in [3.05, 3.63) is 75.2 Å². The number of fused-ring (bicyclic) bond motifs is 1. The van der Waals surface area contributed by atoms with E-state index in [0.29, 0.717) is 34.3 Å². The number of aryl methyl sites for hydroxylation is 1. The first-order valence-electron chi connectivity index (χ1n) is 10.4. The zero-order valence-corrected chi connectivity index (χ0v) is 18.0. The van der Waals surface area contributed by atoms with E-state index in [1.54, 1.807) is 24.3 Å². The van der Waals surface area contributed by atoms with Gasteiger partial charge in [-0.3, -0.25) is 19.5 Å². The first-order valence-corrected chi connectivity index (χ1v) is 10.8. The number of aromatic nitrogens is 4. The van der Waals surface area contributed by atoms with E-state index in [9.17, 15) is 14.4 Å². The number of nitrogens with one attached hydrogen (secondary N) is 2. The van der Waals surface area contributed by atoms with Gasteiger partial charge in [0.1, 0.15) is 0 Å². The maximum atomic E-state index is 13.4. The molecule has 1 saturated heterocycles. The lowest BCUT2D eigenvalue weighted by atomic mass is 9.96. The molecule has 0 aliphatic carbocycles. The van der Waals surface area contributed by atoms with Crippen molar-refractivity contribution in [3.63, 3.8) is 0 Å². The summed E-state index contributed by atoms with van der Waals surface area (Å²) in [6.45, 7) is 1.99. The van der Waals surface area contributed by atoms with Gasteiger partial charge >= 0.3 is 0 Å². The minimum absolute atomic E-state index is 0.0741. The molecular formula is C23H20ClN5O3. The molecule has 0 unspecified atom stereocenters. The number of H-pyrrole nitrogens is 2. The number of imidazole rings is 1. The third kappa shape index (κ3) is 3.23. The Balaban J connectivity index is 1.59. The Labute approximate surface area is 187 Å². The van der Waals surface area contributed by atoms with Crippen LogP contribution in [-0.4, -0.2) is 31.6 Å². The Morgan fingerprint density at radius 3 is 2.69 bits per heavy atom. The average Bonchev–Trinajstić information content (AvgIpc) is 3.41. The van der Waals surface area contributed by atoms with E-state index < -0.39 is 11.8 Å². The van der Waals surface area contributed by atoms with Gasteiger partial charge in [-0.15, -0.1) is 0 Å². The summed E-state index contributed by atoms with van der Waals surface area (Å²) in [6, 6.07) is 14.0. The molecule has 1 atom stereocenters. The fraction of sp³-hybridized carbons (Fsp3) is 0.217. The molecule has 8 nitrogen and oxygen atoms in total. The van der Waals surface area contributed by atoms with Gasteiger partial charge in [-0.25, -0.2) is 9.88 Å². The van der Waals surface area contributed by atoms with Crippen LogP contribution in [0.5, 0.6) is 0 Å². The number of carbonyl (C=O) groups is 2. The van der Waals surface area contributed by atoms with Gasteiger partial charge in [0, 0.05) is 17.1 Å². The summed E-state index contributed by atoms with van der Waals surface area (Å²) in [6.07, 6.45) is 1.25. The van der Waals surface area contributed by atoms with E-state index in [2.05, 4.69) is 15.1 Å². The molecule has 1 fully saturated rings. The molecule has 0 bridgehead atoms. The zero-order valence-electron chi connectivity index (χ0n) is 17.3. The van der Waals surface area contributed by atoms with Crippen molar-refractivity contribution in [2.45, 2.75) is 32.1 Å². The van der Waals surface area contributed by atoms with Crippen LogP contribution in [0.15, 0.2) is 53.3 Å². The number of para-hydroxylation sites is 2. The Kier molecular flexibility index (Phi) is 4.94. The van der Waals surface area contributed by atoms with Crippen LogP contribution < -0.4 is 10.5 Å². The minimum atomic E-state index is -0.864. The van der Waals surface area contributed by atoms with E-state index in [-0.39, 0.29) is 17.9 Å². The van der Waals surface area contributed by atoms with Gasteiger partial charge in [-0.2, -0.15) is 4.68 Å². The van der Waals surface area contributed by atoms with Crippen molar-refractivity contribution in [2.24, 2.45) is 0 Å². The van der Waals surface area contributed by atoms with Gasteiger partial charge in [-0.05, 0) is 36.8 Å². The number of hydrogen-bond donors (Lipinski definition) is 2. The number of halogens is 1. The fourth-order valence-electron chi connectivity index (χ4n) is 4.23. The van der Waals surface area contributed by atoms with Crippen LogP contribution in [0, 0.1) is 0 Å². The monoisotopic (exact) mass is 449 g/mol. The number of nitrogens with zero attached hydrogens (tertiary/aromatic N) is 3. The third-order valence-electron chi connectivity index (χ3n) is 5.66. The molecule has 4 aromatic rings. The summed E-state index contributed by atoms with van der Waals surface area (Å²) in [7, 11) is 0. The fourth-order valence-corrected chi connectivity index (χ4v) is 4.42. The van der Waals surface area contributed by atoms with Gasteiger partial charge in [-0.1, -0.05) is 43.1 Å². The first-order chi connectivity index (χ1) is 15.5. The quantitative estimate of drug-likeness (QED) is 0.453. The Morgan fingerprint density at radius 2 is 1.94 bits per heavy atom. The van der Waals surface area contributed by atoms with Gasteiger partial charge in [0.25, 0.3) is 5.56 Å². The van der Waals surface area contributed by atoms with Crippen molar-refractivity contribution >= 4 is 40.1 Å². The predicted octanol–water partition coefficient (Wildman–Crippen LogP) is 3.69. The average molecular weight is 450 g/mol. The van der Waals surface area contributed by atoms with E-state index in [4.69, 9.17) is 11.6 Å². The smallest absolute Gasteiger partial charge is 0.278 e. The number of anilines is 1. The lowest BCUT2D eigenvalue weighted by molar-refractivity contribution is -0.121. The summed E-state index contributed by atoms with van der Waals surface area (Å²) in [4.78, 5) is 48.3. The maximum Gasteiger partial charge on any atom is 0.278 e. The molecule has 2 aromatic heterocycles. The highest BCUT2D eigenvalue weighted by atomic mass is 35.5. The topological polar surface area (TPSA) is 104 Å². The summed E-state index contributed by atoms with van der Waals surface area (Å²) in [5.41, 5.74) is 2.49. The number of carbonyl (C=O) groups excluding carboxylic acids is 2. The molecule has 2 amide bonds. The zero-order chi connectivity index (χ0) is 22.4. The minimum Gasteiger partial charge on any atom is -0.322 e. The molecule has 1 aliphatic rings. The number of rotatable bonds is 5. The molecule has 162 valence electrons. The van der Waals surface area contributed by atoms with Gasteiger partial charge < -0.3 is 4.98 Å². The second-order valence-corrected chi connectivity index (χ2v) is 8.21. The number of hydrogen-bond acceptors (Lipinski definition) is 4. The number of aromatic amines is 2. The second-order valence-electron chi connectivity index (χ2n) is 7.78. The molecule has 5 rings (SSSR count). The standard InChI is InChI=1S/C23H20ClN5O3/c1-2-6-18-20(15-12-19(30)28(21(15)31)14-8-5-7-13(24)11-14)22(32)29(27-18)23-25-16-9-3-4-10-17(16)26-23/h3-5,7-11,15,27H,2,6,12H2,1H3,(H,25,26)/t15-/m0/s1. The second kappa shape index (κ2) is 7.80. The Bertz CT molecular complexity index is 1380. The van der Waals surface area contributed by atoms with Gasteiger partial charge in [0.05, 0.1) is 28.2 Å². The number of imide groups is 1. The summed E-state index contributed by atoms with van der Waals surface area (Å²) < 4.78 is 1.32. The first kappa shape index (κ1) is 20.3. The molecular weight excluding hydrogens is 430 g/mol. The largest absolute Gasteiger partial charge is 0.322 e. The van der Waals surface area contributed by atoms with Crippen LogP contribution in [0.3, 0.4) is 0 Å². The van der Waals surface area contributed by atoms with Crippen molar-refractivity contribution in [1.82, 2.24) is 19.7 Å². The van der Waals surface area contributed by atoms with E-state index in [1.807, 2.05) is 31.2 Å². The molecule has 3 heterocycles. The molecule has 0 spiro atoms. The lowest BCUT2D eigenvalue weighted by Gasteiger charge is -2.15. The van der Waals surface area contributed by atoms with E-state index >= 15 is 0 Å². The maximum absolute atomic E-state index is 13.4. The van der Waals surface area contributed by atoms with Crippen molar-refractivity contribution < 1.29 is 9.59 Å². The normalized spacial score (nSPS) is 16.4.